The van der Waals surface area contributed by atoms with E-state index in [2.05, 4.69) is 39.8 Å². The largest absolute Gasteiger partial charge is 0.0856 e. The van der Waals surface area contributed by atoms with Gasteiger partial charge < -0.3 is 0 Å². The third-order valence-electron chi connectivity index (χ3n) is 2.74. The molecule has 0 bridgehead atoms. The molecule has 0 fully saturated rings. The first-order valence-corrected chi connectivity index (χ1v) is 6.52. The molecule has 0 aliphatic carbocycles. The Kier molecular flexibility index (Phi) is 9.67. The van der Waals surface area contributed by atoms with Gasteiger partial charge in [0.15, 0.2) is 0 Å². The Hall–Kier alpha value is -0.520. The molecule has 88 valence electrons. The zero-order valence-electron chi connectivity index (χ0n) is 11.1. The van der Waals surface area contributed by atoms with Crippen LogP contribution in [0.15, 0.2) is 23.3 Å². The van der Waals surface area contributed by atoms with Crippen molar-refractivity contribution in [3.8, 4) is 0 Å². The van der Waals surface area contributed by atoms with E-state index in [0.717, 1.165) is 0 Å². The van der Waals surface area contributed by atoms with Gasteiger partial charge in [-0.05, 0) is 46.0 Å². The van der Waals surface area contributed by atoms with Crippen molar-refractivity contribution in [1.29, 1.82) is 0 Å². The van der Waals surface area contributed by atoms with Gasteiger partial charge in [-0.15, -0.1) is 0 Å². The molecule has 0 aromatic heterocycles. The molecule has 0 saturated heterocycles. The average molecular weight is 208 g/mol. The van der Waals surface area contributed by atoms with Crippen LogP contribution in [0.25, 0.3) is 0 Å². The fourth-order valence-corrected chi connectivity index (χ4v) is 1.60. The summed E-state index contributed by atoms with van der Waals surface area (Å²) in [6, 6.07) is 0. The lowest BCUT2D eigenvalue weighted by atomic mass is 10.1. The van der Waals surface area contributed by atoms with Gasteiger partial charge in [0.05, 0.1) is 0 Å². The minimum atomic E-state index is 1.22. The van der Waals surface area contributed by atoms with Crippen molar-refractivity contribution in [2.75, 3.05) is 0 Å². The SMILES string of the molecule is CCCC=C(C)CCC=C(C)CCCC. The smallest absolute Gasteiger partial charge is 0.0288 e. The van der Waals surface area contributed by atoms with Gasteiger partial charge in [-0.25, -0.2) is 0 Å². The molecule has 0 amide bonds. The van der Waals surface area contributed by atoms with Crippen LogP contribution >= 0.6 is 0 Å². The van der Waals surface area contributed by atoms with Gasteiger partial charge in [0.2, 0.25) is 0 Å². The Balaban J connectivity index is 3.66. The van der Waals surface area contributed by atoms with E-state index in [1.54, 1.807) is 11.1 Å². The molecule has 0 rings (SSSR count). The number of hydrogen-bond donors (Lipinski definition) is 0. The number of unbranched alkanes of at least 4 members (excludes halogenated alkanes) is 2. The summed E-state index contributed by atoms with van der Waals surface area (Å²) in [5.41, 5.74) is 3.12. The molecule has 0 unspecified atom stereocenters. The Morgan fingerprint density at radius 1 is 0.800 bits per heavy atom. The summed E-state index contributed by atoms with van der Waals surface area (Å²) >= 11 is 0. The standard InChI is InChI=1S/C15H28/c1-5-7-10-14(3)12-9-13-15(4)11-8-6-2/h10,13H,5-9,11-12H2,1-4H3. The molecule has 0 aromatic carbocycles. The van der Waals surface area contributed by atoms with Crippen LogP contribution in [-0.2, 0) is 0 Å². The summed E-state index contributed by atoms with van der Waals surface area (Å²) in [7, 11) is 0. The van der Waals surface area contributed by atoms with Gasteiger partial charge in [0, 0.05) is 0 Å². The lowest BCUT2D eigenvalue weighted by Gasteiger charge is -2.01. The summed E-state index contributed by atoms with van der Waals surface area (Å²) in [5.74, 6) is 0. The van der Waals surface area contributed by atoms with E-state index >= 15 is 0 Å². The van der Waals surface area contributed by atoms with E-state index in [1.165, 1.54) is 44.9 Å². The Bertz CT molecular complexity index is 196. The van der Waals surface area contributed by atoms with Crippen molar-refractivity contribution in [2.24, 2.45) is 0 Å². The second-order valence-electron chi connectivity index (χ2n) is 4.53. The Labute approximate surface area is 96.5 Å². The molecule has 0 saturated carbocycles. The average Bonchev–Trinajstić information content (AvgIpc) is 2.23. The summed E-state index contributed by atoms with van der Waals surface area (Å²) in [6.07, 6.45) is 13.7. The van der Waals surface area contributed by atoms with Crippen LogP contribution in [0.4, 0.5) is 0 Å². The van der Waals surface area contributed by atoms with Crippen molar-refractivity contribution < 1.29 is 0 Å². The highest BCUT2D eigenvalue weighted by Crippen LogP contribution is 2.11. The molecule has 0 aliphatic rings. The number of rotatable bonds is 8. The van der Waals surface area contributed by atoms with Crippen LogP contribution in [0.3, 0.4) is 0 Å². The topological polar surface area (TPSA) is 0 Å². The number of allylic oxidation sites excluding steroid dienone is 4. The first-order chi connectivity index (χ1) is 7.20. The highest BCUT2D eigenvalue weighted by Gasteiger charge is 1.91. The van der Waals surface area contributed by atoms with Gasteiger partial charge in [0.1, 0.15) is 0 Å². The van der Waals surface area contributed by atoms with E-state index in [9.17, 15) is 0 Å². The van der Waals surface area contributed by atoms with E-state index < -0.39 is 0 Å². The van der Waals surface area contributed by atoms with Crippen molar-refractivity contribution in [3.63, 3.8) is 0 Å². The van der Waals surface area contributed by atoms with Crippen molar-refractivity contribution >= 4 is 0 Å². The molecule has 0 nitrogen and oxygen atoms in total. The van der Waals surface area contributed by atoms with Crippen LogP contribution in [0.5, 0.6) is 0 Å². The van der Waals surface area contributed by atoms with E-state index in [-0.39, 0.29) is 0 Å². The molecule has 15 heavy (non-hydrogen) atoms. The zero-order valence-corrected chi connectivity index (χ0v) is 11.1. The van der Waals surface area contributed by atoms with E-state index in [4.69, 9.17) is 0 Å². The van der Waals surface area contributed by atoms with E-state index in [0.29, 0.717) is 0 Å². The zero-order chi connectivity index (χ0) is 11.5. The molecule has 0 heterocycles. The molecule has 0 heteroatoms. The maximum atomic E-state index is 2.42. The molecule has 0 aliphatic heterocycles. The highest BCUT2D eigenvalue weighted by atomic mass is 14.0. The predicted octanol–water partition coefficient (Wildman–Crippen LogP) is 5.65. The molecule has 0 spiro atoms. The fraction of sp³-hybridized carbons (Fsp3) is 0.733. The predicted molar refractivity (Wildman–Crippen MR) is 71.2 cm³/mol. The quantitative estimate of drug-likeness (QED) is 0.452. The molecular formula is C15H28. The molecule has 0 N–H and O–H groups in total. The second-order valence-corrected chi connectivity index (χ2v) is 4.53. The summed E-state index contributed by atoms with van der Waals surface area (Å²) in [4.78, 5) is 0. The van der Waals surface area contributed by atoms with Crippen LogP contribution in [0.1, 0.15) is 72.6 Å². The van der Waals surface area contributed by atoms with Crippen LogP contribution < -0.4 is 0 Å². The van der Waals surface area contributed by atoms with Crippen LogP contribution in [0.2, 0.25) is 0 Å². The van der Waals surface area contributed by atoms with Gasteiger partial charge >= 0.3 is 0 Å². The van der Waals surface area contributed by atoms with Gasteiger partial charge in [-0.3, -0.25) is 0 Å². The summed E-state index contributed by atoms with van der Waals surface area (Å²) in [6.45, 7) is 9.01. The summed E-state index contributed by atoms with van der Waals surface area (Å²) < 4.78 is 0. The maximum absolute atomic E-state index is 2.42. The normalized spacial score (nSPS) is 13.3. The Morgan fingerprint density at radius 2 is 1.40 bits per heavy atom. The fourth-order valence-electron chi connectivity index (χ4n) is 1.60. The van der Waals surface area contributed by atoms with Crippen LogP contribution in [0, 0.1) is 0 Å². The minimum absolute atomic E-state index is 1.22. The third-order valence-corrected chi connectivity index (χ3v) is 2.74. The molecule has 0 atom stereocenters. The van der Waals surface area contributed by atoms with Gasteiger partial charge in [-0.1, -0.05) is 50.0 Å². The van der Waals surface area contributed by atoms with Gasteiger partial charge in [0.25, 0.3) is 0 Å². The number of hydrogen-bond acceptors (Lipinski definition) is 0. The molecule has 0 aromatic rings. The summed E-state index contributed by atoms with van der Waals surface area (Å²) in [5, 5.41) is 0. The van der Waals surface area contributed by atoms with Crippen molar-refractivity contribution in [2.45, 2.75) is 72.6 Å². The monoisotopic (exact) mass is 208 g/mol. The van der Waals surface area contributed by atoms with Crippen LogP contribution in [-0.4, -0.2) is 0 Å². The lowest BCUT2D eigenvalue weighted by molar-refractivity contribution is 0.781. The minimum Gasteiger partial charge on any atom is -0.0856 e. The van der Waals surface area contributed by atoms with E-state index in [1.807, 2.05) is 0 Å². The van der Waals surface area contributed by atoms with Crippen molar-refractivity contribution in [1.82, 2.24) is 0 Å². The first kappa shape index (κ1) is 14.5. The molecular weight excluding hydrogens is 180 g/mol. The Morgan fingerprint density at radius 3 is 2.00 bits per heavy atom. The molecule has 0 radical (unpaired) electrons. The first-order valence-electron chi connectivity index (χ1n) is 6.52. The second kappa shape index (κ2) is 10.0. The lowest BCUT2D eigenvalue weighted by Crippen LogP contribution is -1.80. The highest BCUT2D eigenvalue weighted by molar-refractivity contribution is 5.03. The third kappa shape index (κ3) is 9.78. The van der Waals surface area contributed by atoms with Crippen molar-refractivity contribution in [3.05, 3.63) is 23.3 Å². The maximum Gasteiger partial charge on any atom is -0.0288 e. The van der Waals surface area contributed by atoms with Gasteiger partial charge in [-0.2, -0.15) is 0 Å².